The highest BCUT2D eigenvalue weighted by Gasteiger charge is 2.09. The van der Waals surface area contributed by atoms with Crippen molar-refractivity contribution in [3.8, 4) is 11.3 Å². The van der Waals surface area contributed by atoms with E-state index in [1.54, 1.807) is 18.2 Å². The van der Waals surface area contributed by atoms with Gasteiger partial charge < -0.3 is 10.3 Å². The van der Waals surface area contributed by atoms with Crippen LogP contribution in [0, 0.1) is 0 Å². The summed E-state index contributed by atoms with van der Waals surface area (Å²) < 4.78 is 0. The van der Waals surface area contributed by atoms with Gasteiger partial charge in [-0.3, -0.25) is 9.59 Å². The van der Waals surface area contributed by atoms with Crippen LogP contribution < -0.4 is 10.9 Å². The zero-order chi connectivity index (χ0) is 16.1. The second kappa shape index (κ2) is 6.65. The minimum absolute atomic E-state index is 0.200. The van der Waals surface area contributed by atoms with E-state index in [0.29, 0.717) is 17.0 Å². The van der Waals surface area contributed by atoms with Gasteiger partial charge in [0.1, 0.15) is 0 Å². The number of rotatable bonds is 4. The molecule has 0 fully saturated rings. The van der Waals surface area contributed by atoms with Crippen LogP contribution in [0.15, 0.2) is 65.6 Å². The van der Waals surface area contributed by atoms with E-state index in [1.165, 1.54) is 12.3 Å². The Balaban J connectivity index is 1.74. The molecule has 3 rings (SSSR count). The van der Waals surface area contributed by atoms with Crippen molar-refractivity contribution >= 4 is 5.91 Å². The number of H-pyrrole nitrogens is 1. The third kappa shape index (κ3) is 3.68. The molecule has 0 saturated carbocycles. The summed E-state index contributed by atoms with van der Waals surface area (Å²) in [7, 11) is 0. The first-order chi connectivity index (χ1) is 11.2. The van der Waals surface area contributed by atoms with Crippen LogP contribution in [0.1, 0.15) is 16.1 Å². The number of pyridine rings is 1. The highest BCUT2D eigenvalue weighted by molar-refractivity contribution is 5.94. The van der Waals surface area contributed by atoms with Gasteiger partial charge >= 0.3 is 0 Å². The van der Waals surface area contributed by atoms with E-state index in [1.807, 2.05) is 30.3 Å². The topological polar surface area (TPSA) is 87.7 Å². The second-order valence-corrected chi connectivity index (χ2v) is 4.92. The van der Waals surface area contributed by atoms with Crippen molar-refractivity contribution in [3.63, 3.8) is 0 Å². The molecule has 6 heteroatoms. The van der Waals surface area contributed by atoms with Crippen LogP contribution >= 0.6 is 0 Å². The number of benzene rings is 1. The summed E-state index contributed by atoms with van der Waals surface area (Å²) >= 11 is 0. The standard InChI is InChI=1S/C17H14N4O2/c22-16-8-4-7-14(20-16)11-18-17(23)13-9-15(21-19-10-13)12-5-2-1-3-6-12/h1-10H,11H2,(H,18,23)(H,20,22). The molecule has 1 amide bonds. The number of nitrogens with one attached hydrogen (secondary N) is 2. The molecule has 114 valence electrons. The van der Waals surface area contributed by atoms with Gasteiger partial charge in [-0.25, -0.2) is 0 Å². The maximum atomic E-state index is 12.2. The fourth-order valence-electron chi connectivity index (χ4n) is 2.11. The lowest BCUT2D eigenvalue weighted by molar-refractivity contribution is 0.0950. The van der Waals surface area contributed by atoms with Crippen LogP contribution in [0.25, 0.3) is 11.3 Å². The molecule has 0 bridgehead atoms. The van der Waals surface area contributed by atoms with Crippen molar-refractivity contribution in [2.75, 3.05) is 0 Å². The number of aromatic nitrogens is 3. The maximum Gasteiger partial charge on any atom is 0.253 e. The van der Waals surface area contributed by atoms with E-state index < -0.39 is 0 Å². The third-order valence-corrected chi connectivity index (χ3v) is 3.25. The molecule has 2 heterocycles. The van der Waals surface area contributed by atoms with Crippen molar-refractivity contribution in [3.05, 3.63) is 82.4 Å². The minimum atomic E-state index is -0.276. The van der Waals surface area contributed by atoms with Gasteiger partial charge in [-0.15, -0.1) is 0 Å². The highest BCUT2D eigenvalue weighted by atomic mass is 16.1. The fraction of sp³-hybridized carbons (Fsp3) is 0.0588. The molecule has 0 spiro atoms. The lowest BCUT2D eigenvalue weighted by atomic mass is 10.1. The normalized spacial score (nSPS) is 10.3. The summed E-state index contributed by atoms with van der Waals surface area (Å²) in [6, 6.07) is 16.0. The molecular weight excluding hydrogens is 292 g/mol. The Morgan fingerprint density at radius 3 is 2.70 bits per heavy atom. The van der Waals surface area contributed by atoms with Gasteiger partial charge in [0.2, 0.25) is 5.56 Å². The van der Waals surface area contributed by atoms with E-state index in [4.69, 9.17) is 0 Å². The SMILES string of the molecule is O=C(NCc1cccc(=O)[nH]1)c1cnnc(-c2ccccc2)c1. The third-order valence-electron chi connectivity index (χ3n) is 3.25. The molecule has 0 aliphatic rings. The summed E-state index contributed by atoms with van der Waals surface area (Å²) in [5.74, 6) is -0.276. The Bertz CT molecular complexity index is 875. The zero-order valence-electron chi connectivity index (χ0n) is 12.2. The van der Waals surface area contributed by atoms with Crippen LogP contribution in [-0.4, -0.2) is 21.1 Å². The summed E-state index contributed by atoms with van der Waals surface area (Å²) in [5, 5.41) is 10.7. The molecule has 0 saturated heterocycles. The van der Waals surface area contributed by atoms with Crippen LogP contribution in [0.2, 0.25) is 0 Å². The first kappa shape index (κ1) is 14.6. The Morgan fingerprint density at radius 1 is 1.09 bits per heavy atom. The van der Waals surface area contributed by atoms with Crippen molar-refractivity contribution in [1.29, 1.82) is 0 Å². The van der Waals surface area contributed by atoms with E-state index >= 15 is 0 Å². The molecule has 0 radical (unpaired) electrons. The average Bonchev–Trinajstić information content (AvgIpc) is 2.61. The molecule has 6 nitrogen and oxygen atoms in total. The van der Waals surface area contributed by atoms with E-state index in [9.17, 15) is 9.59 Å². The molecule has 1 aromatic carbocycles. The van der Waals surface area contributed by atoms with Crippen molar-refractivity contribution < 1.29 is 4.79 Å². The largest absolute Gasteiger partial charge is 0.346 e. The van der Waals surface area contributed by atoms with Crippen LogP contribution in [0.4, 0.5) is 0 Å². The van der Waals surface area contributed by atoms with Gasteiger partial charge in [-0.1, -0.05) is 36.4 Å². The number of hydrogen-bond donors (Lipinski definition) is 2. The number of hydrogen-bond acceptors (Lipinski definition) is 4. The van der Waals surface area contributed by atoms with E-state index in [-0.39, 0.29) is 18.0 Å². The van der Waals surface area contributed by atoms with Crippen molar-refractivity contribution in [2.45, 2.75) is 6.54 Å². The van der Waals surface area contributed by atoms with Crippen molar-refractivity contribution in [1.82, 2.24) is 20.5 Å². The molecule has 0 atom stereocenters. The molecular formula is C17H14N4O2. The minimum Gasteiger partial charge on any atom is -0.346 e. The number of carbonyl (C=O) groups excluding carboxylic acids is 1. The second-order valence-electron chi connectivity index (χ2n) is 4.92. The zero-order valence-corrected chi connectivity index (χ0v) is 12.2. The number of carbonyl (C=O) groups is 1. The first-order valence-corrected chi connectivity index (χ1v) is 7.07. The predicted molar refractivity (Wildman–Crippen MR) is 85.7 cm³/mol. The summed E-state index contributed by atoms with van der Waals surface area (Å²) in [6.45, 7) is 0.234. The Kier molecular flexibility index (Phi) is 4.24. The lowest BCUT2D eigenvalue weighted by Gasteiger charge is -2.06. The molecule has 0 aliphatic heterocycles. The summed E-state index contributed by atoms with van der Waals surface area (Å²) in [6.07, 6.45) is 1.41. The van der Waals surface area contributed by atoms with Gasteiger partial charge in [-0.2, -0.15) is 10.2 Å². The lowest BCUT2D eigenvalue weighted by Crippen LogP contribution is -2.24. The smallest absolute Gasteiger partial charge is 0.253 e. The van der Waals surface area contributed by atoms with Gasteiger partial charge in [0.15, 0.2) is 0 Å². The highest BCUT2D eigenvalue weighted by Crippen LogP contribution is 2.16. The number of aromatic amines is 1. The summed E-state index contributed by atoms with van der Waals surface area (Å²) in [4.78, 5) is 26.1. The molecule has 2 N–H and O–H groups in total. The molecule has 0 unspecified atom stereocenters. The fourth-order valence-corrected chi connectivity index (χ4v) is 2.11. The Labute approximate surface area is 132 Å². The molecule has 2 aromatic heterocycles. The maximum absolute atomic E-state index is 12.2. The quantitative estimate of drug-likeness (QED) is 0.769. The molecule has 23 heavy (non-hydrogen) atoms. The van der Waals surface area contributed by atoms with E-state index in [0.717, 1.165) is 5.56 Å². The van der Waals surface area contributed by atoms with Gasteiger partial charge in [-0.05, 0) is 12.1 Å². The van der Waals surface area contributed by atoms with Gasteiger partial charge in [0.25, 0.3) is 5.91 Å². The molecule has 3 aromatic rings. The predicted octanol–water partition coefficient (Wildman–Crippen LogP) is 1.76. The number of nitrogens with zero attached hydrogens (tertiary/aromatic N) is 2. The monoisotopic (exact) mass is 306 g/mol. The van der Waals surface area contributed by atoms with Crippen LogP contribution in [-0.2, 0) is 6.54 Å². The van der Waals surface area contributed by atoms with Gasteiger partial charge in [0, 0.05) is 17.3 Å². The first-order valence-electron chi connectivity index (χ1n) is 7.07. The Morgan fingerprint density at radius 2 is 1.91 bits per heavy atom. The van der Waals surface area contributed by atoms with E-state index in [2.05, 4.69) is 20.5 Å². The van der Waals surface area contributed by atoms with Gasteiger partial charge in [0.05, 0.1) is 24.0 Å². The molecule has 0 aliphatic carbocycles. The van der Waals surface area contributed by atoms with Crippen molar-refractivity contribution in [2.24, 2.45) is 0 Å². The van der Waals surface area contributed by atoms with Crippen LogP contribution in [0.3, 0.4) is 0 Å². The van der Waals surface area contributed by atoms with Crippen LogP contribution in [0.5, 0.6) is 0 Å². The summed E-state index contributed by atoms with van der Waals surface area (Å²) in [5.41, 5.74) is 2.37. The number of amides is 1. The average molecular weight is 306 g/mol. The Hall–Kier alpha value is -3.28.